The van der Waals surface area contributed by atoms with Crippen LogP contribution in [0.3, 0.4) is 0 Å². The smallest absolute Gasteiger partial charge is 0.264 e. The number of benzene rings is 2. The van der Waals surface area contributed by atoms with Crippen molar-refractivity contribution >= 4 is 37.3 Å². The largest absolute Gasteiger partial charge is 0.398 e. The maximum Gasteiger partial charge on any atom is 0.264 e. The highest BCUT2D eigenvalue weighted by atomic mass is 79.9. The van der Waals surface area contributed by atoms with E-state index in [9.17, 15) is 12.8 Å². The van der Waals surface area contributed by atoms with Crippen molar-refractivity contribution < 1.29 is 12.8 Å². The van der Waals surface area contributed by atoms with Crippen LogP contribution in [-0.4, -0.2) is 15.5 Å². The standard InChI is InChI=1S/C13H12BrFN2O2S/c1-17(10-4-2-9(15)3-5-10)20(18,19)11-6-7-12(14)13(16)8-11/h2-8H,16H2,1H3. The summed E-state index contributed by atoms with van der Waals surface area (Å²) in [7, 11) is -2.33. The van der Waals surface area contributed by atoms with Gasteiger partial charge in [-0.05, 0) is 58.4 Å². The van der Waals surface area contributed by atoms with Crippen LogP contribution in [-0.2, 0) is 10.0 Å². The van der Waals surface area contributed by atoms with Crippen molar-refractivity contribution in [2.75, 3.05) is 17.1 Å². The van der Waals surface area contributed by atoms with Crippen LogP contribution in [0.2, 0.25) is 0 Å². The van der Waals surface area contributed by atoms with Crippen LogP contribution < -0.4 is 10.0 Å². The van der Waals surface area contributed by atoms with Gasteiger partial charge in [-0.1, -0.05) is 0 Å². The van der Waals surface area contributed by atoms with Gasteiger partial charge in [0.15, 0.2) is 0 Å². The third-order valence-electron chi connectivity index (χ3n) is 2.82. The van der Waals surface area contributed by atoms with E-state index in [1.54, 1.807) is 6.07 Å². The molecule has 0 aliphatic heterocycles. The topological polar surface area (TPSA) is 63.4 Å². The Bertz CT molecular complexity index is 733. The Balaban J connectivity index is 2.43. The van der Waals surface area contributed by atoms with Crippen LogP contribution in [0.4, 0.5) is 15.8 Å². The summed E-state index contributed by atoms with van der Waals surface area (Å²) < 4.78 is 39.5. The number of nitrogens with zero attached hydrogens (tertiary/aromatic N) is 1. The minimum atomic E-state index is -3.73. The van der Waals surface area contributed by atoms with Gasteiger partial charge in [-0.25, -0.2) is 12.8 Å². The third-order valence-corrected chi connectivity index (χ3v) is 5.32. The zero-order chi connectivity index (χ0) is 14.9. The molecular weight excluding hydrogens is 347 g/mol. The summed E-state index contributed by atoms with van der Waals surface area (Å²) in [5.41, 5.74) is 6.40. The maximum absolute atomic E-state index is 12.9. The molecule has 106 valence electrons. The van der Waals surface area contributed by atoms with Crippen LogP contribution in [0.5, 0.6) is 0 Å². The molecule has 0 spiro atoms. The lowest BCUT2D eigenvalue weighted by molar-refractivity contribution is 0.594. The average Bonchev–Trinajstić information content (AvgIpc) is 2.41. The summed E-state index contributed by atoms with van der Waals surface area (Å²) in [6, 6.07) is 9.61. The molecule has 0 fully saturated rings. The molecule has 4 nitrogen and oxygen atoms in total. The zero-order valence-electron chi connectivity index (χ0n) is 10.5. The first-order valence-corrected chi connectivity index (χ1v) is 7.85. The summed E-state index contributed by atoms with van der Waals surface area (Å²) in [5.74, 6) is -0.424. The molecule has 0 aliphatic rings. The molecular formula is C13H12BrFN2O2S. The van der Waals surface area contributed by atoms with E-state index < -0.39 is 15.8 Å². The van der Waals surface area contributed by atoms with E-state index in [0.717, 1.165) is 4.31 Å². The highest BCUT2D eigenvalue weighted by Crippen LogP contribution is 2.27. The second-order valence-electron chi connectivity index (χ2n) is 4.13. The van der Waals surface area contributed by atoms with E-state index >= 15 is 0 Å². The van der Waals surface area contributed by atoms with Crippen LogP contribution >= 0.6 is 15.9 Å². The monoisotopic (exact) mass is 358 g/mol. The van der Waals surface area contributed by atoms with Crippen molar-refractivity contribution in [3.05, 3.63) is 52.8 Å². The molecule has 0 saturated carbocycles. The number of sulfonamides is 1. The van der Waals surface area contributed by atoms with Gasteiger partial charge in [0.25, 0.3) is 10.0 Å². The number of hydrogen-bond acceptors (Lipinski definition) is 3. The van der Waals surface area contributed by atoms with Gasteiger partial charge >= 0.3 is 0 Å². The highest BCUT2D eigenvalue weighted by molar-refractivity contribution is 9.10. The summed E-state index contributed by atoms with van der Waals surface area (Å²) in [6.07, 6.45) is 0. The Morgan fingerprint density at radius 1 is 1.15 bits per heavy atom. The SMILES string of the molecule is CN(c1ccc(F)cc1)S(=O)(=O)c1ccc(Br)c(N)c1. The van der Waals surface area contributed by atoms with Gasteiger partial charge in [0.1, 0.15) is 5.82 Å². The van der Waals surface area contributed by atoms with Gasteiger partial charge in [0.05, 0.1) is 10.6 Å². The van der Waals surface area contributed by atoms with Crippen molar-refractivity contribution in [2.24, 2.45) is 0 Å². The Morgan fingerprint density at radius 2 is 1.75 bits per heavy atom. The third kappa shape index (κ3) is 2.78. The minimum absolute atomic E-state index is 0.0741. The molecule has 0 bridgehead atoms. The molecule has 0 atom stereocenters. The number of halogens is 2. The molecule has 0 unspecified atom stereocenters. The van der Waals surface area contributed by atoms with Crippen molar-refractivity contribution in [1.82, 2.24) is 0 Å². The molecule has 0 saturated heterocycles. The quantitative estimate of drug-likeness (QED) is 0.857. The van der Waals surface area contributed by atoms with Gasteiger partial charge in [-0.15, -0.1) is 0 Å². The molecule has 2 rings (SSSR count). The second kappa shape index (κ2) is 5.41. The number of nitrogens with two attached hydrogens (primary N) is 1. The van der Waals surface area contributed by atoms with E-state index in [0.29, 0.717) is 15.8 Å². The molecule has 0 aliphatic carbocycles. The molecule has 0 heterocycles. The lowest BCUT2D eigenvalue weighted by Crippen LogP contribution is -2.26. The molecule has 2 N–H and O–H groups in total. The lowest BCUT2D eigenvalue weighted by Gasteiger charge is -2.19. The second-order valence-corrected chi connectivity index (χ2v) is 6.96. The molecule has 0 radical (unpaired) electrons. The van der Waals surface area contributed by atoms with Crippen molar-refractivity contribution in [1.29, 1.82) is 0 Å². The Kier molecular flexibility index (Phi) is 4.01. The highest BCUT2D eigenvalue weighted by Gasteiger charge is 2.21. The minimum Gasteiger partial charge on any atom is -0.398 e. The predicted molar refractivity (Wildman–Crippen MR) is 80.5 cm³/mol. The molecule has 2 aromatic carbocycles. The number of nitrogen functional groups attached to an aromatic ring is 1. The predicted octanol–water partition coefficient (Wildman–Crippen LogP) is 3.00. The summed E-state index contributed by atoms with van der Waals surface area (Å²) in [5, 5.41) is 0. The molecule has 7 heteroatoms. The van der Waals surface area contributed by atoms with Gasteiger partial charge in [0, 0.05) is 17.2 Å². The Labute approximate surface area is 125 Å². The fourth-order valence-corrected chi connectivity index (χ4v) is 3.11. The first-order valence-electron chi connectivity index (χ1n) is 5.62. The van der Waals surface area contributed by atoms with Gasteiger partial charge in [-0.3, -0.25) is 4.31 Å². The van der Waals surface area contributed by atoms with Crippen molar-refractivity contribution in [2.45, 2.75) is 4.90 Å². The summed E-state index contributed by atoms with van der Waals surface area (Å²) in [6.45, 7) is 0. The molecule has 20 heavy (non-hydrogen) atoms. The normalized spacial score (nSPS) is 11.3. The fraction of sp³-hybridized carbons (Fsp3) is 0.0769. The van der Waals surface area contributed by atoms with Crippen LogP contribution in [0.1, 0.15) is 0 Å². The van der Waals surface area contributed by atoms with Gasteiger partial charge in [-0.2, -0.15) is 0 Å². The van der Waals surface area contributed by atoms with E-state index in [-0.39, 0.29) is 4.90 Å². The van der Waals surface area contributed by atoms with E-state index in [1.807, 2.05) is 0 Å². The Hall–Kier alpha value is -1.60. The average molecular weight is 359 g/mol. The first-order chi connectivity index (χ1) is 9.32. The number of hydrogen-bond donors (Lipinski definition) is 1. The molecule has 0 amide bonds. The molecule has 2 aromatic rings. The lowest BCUT2D eigenvalue weighted by atomic mass is 10.3. The van der Waals surface area contributed by atoms with Gasteiger partial charge < -0.3 is 5.73 Å². The molecule has 0 aromatic heterocycles. The number of anilines is 2. The van der Waals surface area contributed by atoms with Gasteiger partial charge in [0.2, 0.25) is 0 Å². The van der Waals surface area contributed by atoms with Crippen molar-refractivity contribution in [3.8, 4) is 0 Å². The Morgan fingerprint density at radius 3 is 2.30 bits per heavy atom. The maximum atomic E-state index is 12.9. The zero-order valence-corrected chi connectivity index (χ0v) is 12.9. The first kappa shape index (κ1) is 14.8. The fourth-order valence-electron chi connectivity index (χ4n) is 1.63. The van der Waals surface area contributed by atoms with Crippen LogP contribution in [0.15, 0.2) is 51.8 Å². The van der Waals surface area contributed by atoms with E-state index in [2.05, 4.69) is 15.9 Å². The van der Waals surface area contributed by atoms with Crippen molar-refractivity contribution in [3.63, 3.8) is 0 Å². The van der Waals surface area contributed by atoms with Crippen LogP contribution in [0.25, 0.3) is 0 Å². The number of rotatable bonds is 3. The van der Waals surface area contributed by atoms with E-state index in [1.165, 1.54) is 43.4 Å². The van der Waals surface area contributed by atoms with E-state index in [4.69, 9.17) is 5.73 Å². The van der Waals surface area contributed by atoms with Crippen LogP contribution in [0, 0.1) is 5.82 Å². The summed E-state index contributed by atoms with van der Waals surface area (Å²) in [4.78, 5) is 0.0741. The summed E-state index contributed by atoms with van der Waals surface area (Å²) >= 11 is 3.21.